The van der Waals surface area contributed by atoms with Crippen molar-refractivity contribution in [2.45, 2.75) is 19.4 Å². The Labute approximate surface area is 136 Å². The average Bonchev–Trinajstić information content (AvgIpc) is 2.60. The molecule has 1 heterocycles. The van der Waals surface area contributed by atoms with E-state index >= 15 is 0 Å². The molecule has 2 aromatic rings. The van der Waals surface area contributed by atoms with E-state index in [-0.39, 0.29) is 5.91 Å². The summed E-state index contributed by atoms with van der Waals surface area (Å²) in [6.45, 7) is 1.25. The monoisotopic (exact) mass is 311 g/mol. The third-order valence-electron chi connectivity index (χ3n) is 4.14. The minimum absolute atomic E-state index is 0.0362. The van der Waals surface area contributed by atoms with E-state index in [9.17, 15) is 4.79 Å². The molecule has 0 N–H and O–H groups in total. The molecule has 0 saturated carbocycles. The second kappa shape index (κ2) is 6.84. The molecular weight excluding hydrogens is 290 g/mol. The number of methoxy groups -OCH3 is 2. The van der Waals surface area contributed by atoms with Crippen molar-refractivity contribution in [2.24, 2.45) is 0 Å². The number of nitrogens with zero attached hydrogens (tertiary/aromatic N) is 1. The van der Waals surface area contributed by atoms with Crippen LogP contribution >= 0.6 is 0 Å². The number of carbonyl (C=O) groups excluding carboxylic acids is 1. The van der Waals surface area contributed by atoms with Crippen LogP contribution in [0.15, 0.2) is 42.5 Å². The van der Waals surface area contributed by atoms with Gasteiger partial charge in [0.25, 0.3) is 5.91 Å². The molecule has 0 saturated heterocycles. The van der Waals surface area contributed by atoms with Crippen molar-refractivity contribution in [3.63, 3.8) is 0 Å². The highest BCUT2D eigenvalue weighted by atomic mass is 16.5. The smallest absolute Gasteiger partial charge is 0.258 e. The van der Waals surface area contributed by atoms with Gasteiger partial charge in [0.1, 0.15) is 5.75 Å². The molecule has 0 unspecified atom stereocenters. The Morgan fingerprint density at radius 1 is 1.17 bits per heavy atom. The maximum absolute atomic E-state index is 12.9. The largest absolute Gasteiger partial charge is 0.497 e. The Bertz CT molecular complexity index is 712. The Kier molecular flexibility index (Phi) is 4.63. The Morgan fingerprint density at radius 2 is 2.04 bits per heavy atom. The van der Waals surface area contributed by atoms with E-state index in [0.717, 1.165) is 42.0 Å². The predicted molar refractivity (Wildman–Crippen MR) is 90.1 cm³/mol. The number of anilines is 1. The second-order valence-electron chi connectivity index (χ2n) is 5.69. The van der Waals surface area contributed by atoms with Gasteiger partial charge < -0.3 is 14.4 Å². The van der Waals surface area contributed by atoms with Gasteiger partial charge >= 0.3 is 0 Å². The van der Waals surface area contributed by atoms with Crippen molar-refractivity contribution in [1.82, 2.24) is 0 Å². The van der Waals surface area contributed by atoms with Crippen molar-refractivity contribution in [3.8, 4) is 5.75 Å². The fraction of sp³-hybridized carbons (Fsp3) is 0.316. The normalized spacial score (nSPS) is 13.6. The highest BCUT2D eigenvalue weighted by Gasteiger charge is 2.24. The van der Waals surface area contributed by atoms with E-state index < -0.39 is 0 Å². The van der Waals surface area contributed by atoms with E-state index in [1.807, 2.05) is 47.4 Å². The van der Waals surface area contributed by atoms with Crippen LogP contribution in [-0.4, -0.2) is 26.7 Å². The third-order valence-corrected chi connectivity index (χ3v) is 4.14. The summed E-state index contributed by atoms with van der Waals surface area (Å²) in [7, 11) is 3.32. The second-order valence-corrected chi connectivity index (χ2v) is 5.69. The van der Waals surface area contributed by atoms with Crippen molar-refractivity contribution in [2.75, 3.05) is 25.7 Å². The van der Waals surface area contributed by atoms with Crippen LogP contribution in [0.2, 0.25) is 0 Å². The lowest BCUT2D eigenvalue weighted by Gasteiger charge is -2.30. The van der Waals surface area contributed by atoms with Gasteiger partial charge in [0, 0.05) is 24.9 Å². The fourth-order valence-corrected chi connectivity index (χ4v) is 3.03. The molecular formula is C19H21NO3. The summed E-state index contributed by atoms with van der Waals surface area (Å²) in [5, 5.41) is 0. The van der Waals surface area contributed by atoms with Crippen LogP contribution in [0.5, 0.6) is 5.75 Å². The summed E-state index contributed by atoms with van der Waals surface area (Å²) < 4.78 is 10.4. The Balaban J connectivity index is 1.91. The summed E-state index contributed by atoms with van der Waals surface area (Å²) in [5.74, 6) is 0.870. The van der Waals surface area contributed by atoms with Crippen LogP contribution in [0.3, 0.4) is 0 Å². The van der Waals surface area contributed by atoms with Crippen molar-refractivity contribution in [3.05, 3.63) is 59.2 Å². The zero-order valence-corrected chi connectivity index (χ0v) is 13.5. The number of fused-ring (bicyclic) bond motifs is 1. The van der Waals surface area contributed by atoms with E-state index in [1.54, 1.807) is 14.2 Å². The summed E-state index contributed by atoms with van der Waals surface area (Å²) in [5.41, 5.74) is 3.85. The zero-order valence-electron chi connectivity index (χ0n) is 13.5. The minimum Gasteiger partial charge on any atom is -0.497 e. The van der Waals surface area contributed by atoms with Gasteiger partial charge in [0.2, 0.25) is 0 Å². The number of amides is 1. The summed E-state index contributed by atoms with van der Waals surface area (Å²) >= 11 is 0. The molecule has 1 amide bonds. The van der Waals surface area contributed by atoms with Crippen LogP contribution < -0.4 is 9.64 Å². The van der Waals surface area contributed by atoms with Gasteiger partial charge in [-0.25, -0.2) is 0 Å². The first-order chi connectivity index (χ1) is 11.2. The molecule has 0 radical (unpaired) electrons. The molecule has 0 atom stereocenters. The number of rotatable bonds is 4. The zero-order chi connectivity index (χ0) is 16.2. The first-order valence-corrected chi connectivity index (χ1v) is 7.79. The molecule has 4 nitrogen and oxygen atoms in total. The Hall–Kier alpha value is -2.33. The van der Waals surface area contributed by atoms with Gasteiger partial charge in [-0.2, -0.15) is 0 Å². The number of ether oxygens (including phenoxy) is 2. The van der Waals surface area contributed by atoms with Gasteiger partial charge in [-0.3, -0.25) is 4.79 Å². The molecule has 0 aliphatic carbocycles. The van der Waals surface area contributed by atoms with Gasteiger partial charge in [-0.05, 0) is 54.3 Å². The predicted octanol–water partition coefficient (Wildman–Crippen LogP) is 3.43. The maximum atomic E-state index is 12.9. The van der Waals surface area contributed by atoms with Crippen LogP contribution in [-0.2, 0) is 17.8 Å². The molecule has 0 fully saturated rings. The third kappa shape index (κ3) is 3.22. The number of benzene rings is 2. The van der Waals surface area contributed by atoms with Gasteiger partial charge in [-0.15, -0.1) is 0 Å². The molecule has 1 aliphatic rings. The summed E-state index contributed by atoms with van der Waals surface area (Å²) in [4.78, 5) is 14.8. The molecule has 2 aromatic carbocycles. The quantitative estimate of drug-likeness (QED) is 0.868. The lowest BCUT2D eigenvalue weighted by atomic mass is 10.00. The fourth-order valence-electron chi connectivity index (χ4n) is 3.03. The summed E-state index contributed by atoms with van der Waals surface area (Å²) in [6.07, 6.45) is 1.93. The van der Waals surface area contributed by atoms with Crippen LogP contribution in [0, 0.1) is 0 Å². The lowest BCUT2D eigenvalue weighted by molar-refractivity contribution is 0.0984. The number of aryl methyl sites for hydroxylation is 1. The molecule has 23 heavy (non-hydrogen) atoms. The van der Waals surface area contributed by atoms with Gasteiger partial charge in [-0.1, -0.05) is 12.1 Å². The Morgan fingerprint density at radius 3 is 2.83 bits per heavy atom. The van der Waals surface area contributed by atoms with Gasteiger partial charge in [0.15, 0.2) is 0 Å². The van der Waals surface area contributed by atoms with E-state index in [0.29, 0.717) is 12.2 Å². The van der Waals surface area contributed by atoms with Crippen LogP contribution in [0.25, 0.3) is 0 Å². The minimum atomic E-state index is 0.0362. The molecule has 120 valence electrons. The van der Waals surface area contributed by atoms with Crippen molar-refractivity contribution >= 4 is 11.6 Å². The van der Waals surface area contributed by atoms with E-state index in [4.69, 9.17) is 9.47 Å². The van der Waals surface area contributed by atoms with Crippen molar-refractivity contribution < 1.29 is 14.3 Å². The first kappa shape index (κ1) is 15.6. The highest BCUT2D eigenvalue weighted by Crippen LogP contribution is 2.31. The van der Waals surface area contributed by atoms with Crippen LogP contribution in [0.1, 0.15) is 27.9 Å². The number of hydrogen-bond donors (Lipinski definition) is 0. The molecule has 0 aromatic heterocycles. The van der Waals surface area contributed by atoms with E-state index in [1.165, 1.54) is 0 Å². The molecule has 1 aliphatic heterocycles. The standard InChI is InChI=1S/C19H21NO3/c1-22-13-14-5-3-6-16(11-14)19(21)20-10-4-7-15-12-17(23-2)8-9-18(15)20/h3,5-6,8-9,11-12H,4,7,10,13H2,1-2H3. The summed E-state index contributed by atoms with van der Waals surface area (Å²) in [6, 6.07) is 13.5. The maximum Gasteiger partial charge on any atom is 0.258 e. The highest BCUT2D eigenvalue weighted by molar-refractivity contribution is 6.06. The molecule has 3 rings (SSSR count). The first-order valence-electron chi connectivity index (χ1n) is 7.79. The molecule has 4 heteroatoms. The molecule has 0 bridgehead atoms. The van der Waals surface area contributed by atoms with Gasteiger partial charge in [0.05, 0.1) is 13.7 Å². The SMILES string of the molecule is COCc1cccc(C(=O)N2CCCc3cc(OC)ccc32)c1. The average molecular weight is 311 g/mol. The number of hydrogen-bond acceptors (Lipinski definition) is 3. The van der Waals surface area contributed by atoms with Crippen molar-refractivity contribution in [1.29, 1.82) is 0 Å². The van der Waals surface area contributed by atoms with Crippen LogP contribution in [0.4, 0.5) is 5.69 Å². The number of carbonyl (C=O) groups is 1. The lowest BCUT2D eigenvalue weighted by Crippen LogP contribution is -2.35. The van der Waals surface area contributed by atoms with E-state index in [2.05, 4.69) is 0 Å². The topological polar surface area (TPSA) is 38.8 Å². The molecule has 0 spiro atoms.